The third-order valence-electron chi connectivity index (χ3n) is 9.63. The van der Waals surface area contributed by atoms with E-state index in [0.717, 1.165) is 33.2 Å². The number of nitrogens with zero attached hydrogens (tertiary/aromatic N) is 2. The van der Waals surface area contributed by atoms with Gasteiger partial charge in [0.2, 0.25) is 0 Å². The van der Waals surface area contributed by atoms with Gasteiger partial charge in [-0.1, -0.05) is 121 Å². The third kappa shape index (κ3) is 4.05. The summed E-state index contributed by atoms with van der Waals surface area (Å²) in [5.74, 6) is 0. The fourth-order valence-corrected chi connectivity index (χ4v) is 9.10. The molecule has 0 saturated carbocycles. The standard InChI is InChI=1S/C44H27ClN2S/c45-39-18-9-16-35-31(39)23-25-37-38-26-24-34-36(44(38)48-43(35)37)17-10-20-40(34)46(28-11-3-1-4-12-28)30-21-22-33-32-15-7-8-19-41(32)47(42(33)27-30)29-13-5-2-6-14-29/h1-27H. The highest BCUT2D eigenvalue weighted by Gasteiger charge is 2.20. The molecule has 0 N–H and O–H groups in total. The first-order valence-electron chi connectivity index (χ1n) is 16.1. The van der Waals surface area contributed by atoms with Crippen LogP contribution in [0.5, 0.6) is 0 Å². The third-order valence-corrected chi connectivity index (χ3v) is 11.2. The zero-order valence-electron chi connectivity index (χ0n) is 25.8. The summed E-state index contributed by atoms with van der Waals surface area (Å²) in [7, 11) is 0. The van der Waals surface area contributed by atoms with Crippen molar-refractivity contribution in [2.24, 2.45) is 0 Å². The number of benzene rings is 8. The summed E-state index contributed by atoms with van der Waals surface area (Å²) in [5.41, 5.74) is 6.90. The minimum atomic E-state index is 0.792. The highest BCUT2D eigenvalue weighted by molar-refractivity contribution is 7.27. The minimum absolute atomic E-state index is 0.792. The predicted octanol–water partition coefficient (Wildman–Crippen LogP) is 13.6. The van der Waals surface area contributed by atoms with Gasteiger partial charge in [0.25, 0.3) is 0 Å². The van der Waals surface area contributed by atoms with E-state index < -0.39 is 0 Å². The molecule has 0 unspecified atom stereocenters. The van der Waals surface area contributed by atoms with E-state index in [1.807, 2.05) is 17.4 Å². The molecule has 0 saturated heterocycles. The van der Waals surface area contributed by atoms with Gasteiger partial charge < -0.3 is 9.47 Å². The number of halogens is 1. The summed E-state index contributed by atoms with van der Waals surface area (Å²) >= 11 is 8.49. The van der Waals surface area contributed by atoms with Gasteiger partial charge in [-0.05, 0) is 54.6 Å². The van der Waals surface area contributed by atoms with Gasteiger partial charge in [0.1, 0.15) is 0 Å². The van der Waals surface area contributed by atoms with E-state index in [1.165, 1.54) is 58.1 Å². The van der Waals surface area contributed by atoms with Crippen molar-refractivity contribution < 1.29 is 0 Å². The fourth-order valence-electron chi connectivity index (χ4n) is 7.50. The average Bonchev–Trinajstić information content (AvgIpc) is 3.69. The first kappa shape index (κ1) is 27.5. The smallest absolute Gasteiger partial charge is 0.0561 e. The lowest BCUT2D eigenvalue weighted by Gasteiger charge is -2.27. The maximum atomic E-state index is 6.62. The number of anilines is 3. The fraction of sp³-hybridized carbons (Fsp3) is 0. The van der Waals surface area contributed by atoms with Crippen LogP contribution < -0.4 is 4.90 Å². The number of thiophene rings is 1. The minimum Gasteiger partial charge on any atom is -0.310 e. The van der Waals surface area contributed by atoms with Crippen LogP contribution in [0.3, 0.4) is 0 Å². The quantitative estimate of drug-likeness (QED) is 0.184. The van der Waals surface area contributed by atoms with E-state index >= 15 is 0 Å². The van der Waals surface area contributed by atoms with E-state index in [2.05, 4.69) is 167 Å². The first-order valence-corrected chi connectivity index (χ1v) is 17.3. The van der Waals surface area contributed by atoms with E-state index in [4.69, 9.17) is 11.6 Å². The number of rotatable bonds is 4. The van der Waals surface area contributed by atoms with Crippen LogP contribution in [-0.4, -0.2) is 4.57 Å². The van der Waals surface area contributed by atoms with Crippen LogP contribution >= 0.6 is 22.9 Å². The van der Waals surface area contributed by atoms with Crippen molar-refractivity contribution in [3.8, 4) is 5.69 Å². The Kier molecular flexibility index (Phi) is 6.14. The Morgan fingerprint density at radius 1 is 0.417 bits per heavy atom. The van der Waals surface area contributed by atoms with E-state index in [0.29, 0.717) is 0 Å². The Bertz CT molecular complexity index is 2850. The molecule has 0 atom stereocenters. The Hall–Kier alpha value is -5.61. The SMILES string of the molecule is Clc1cccc2c1ccc1c3ccc4c(N(c5ccccc5)c5ccc6c7ccccc7n(-c7ccccc7)c6c5)cccc4c3sc21. The van der Waals surface area contributed by atoms with Gasteiger partial charge in [-0.3, -0.25) is 0 Å². The molecule has 0 bridgehead atoms. The average molecular weight is 651 g/mol. The van der Waals surface area contributed by atoms with Gasteiger partial charge in [-0.2, -0.15) is 0 Å². The van der Waals surface area contributed by atoms with Gasteiger partial charge in [-0.15, -0.1) is 11.3 Å². The molecule has 4 heteroatoms. The van der Waals surface area contributed by atoms with E-state index in [1.54, 1.807) is 0 Å². The molecule has 0 radical (unpaired) electrons. The van der Waals surface area contributed by atoms with E-state index in [9.17, 15) is 0 Å². The summed E-state index contributed by atoms with van der Waals surface area (Å²) < 4.78 is 4.96. The van der Waals surface area contributed by atoms with Crippen molar-refractivity contribution in [2.75, 3.05) is 4.90 Å². The Morgan fingerprint density at radius 2 is 0.979 bits per heavy atom. The second-order valence-corrected chi connectivity index (χ2v) is 13.7. The number of para-hydroxylation sites is 3. The normalized spacial score (nSPS) is 11.9. The molecular formula is C44H27ClN2S. The molecule has 0 spiro atoms. The molecule has 0 aliphatic carbocycles. The van der Waals surface area contributed by atoms with Crippen LogP contribution in [0.1, 0.15) is 0 Å². The second-order valence-electron chi connectivity index (χ2n) is 12.3. The maximum absolute atomic E-state index is 6.62. The van der Waals surface area contributed by atoms with Gasteiger partial charge in [0, 0.05) is 74.6 Å². The summed E-state index contributed by atoms with van der Waals surface area (Å²) in [5, 5.41) is 10.6. The highest BCUT2D eigenvalue weighted by Crippen LogP contribution is 2.47. The first-order chi connectivity index (χ1) is 23.7. The summed E-state index contributed by atoms with van der Waals surface area (Å²) in [6, 6.07) is 58.9. The largest absolute Gasteiger partial charge is 0.310 e. The molecule has 0 aliphatic rings. The molecule has 0 aliphatic heterocycles. The molecular weight excluding hydrogens is 624 g/mol. The zero-order chi connectivity index (χ0) is 31.8. The van der Waals surface area contributed by atoms with Gasteiger partial charge in [-0.25, -0.2) is 0 Å². The number of fused-ring (bicyclic) bond motifs is 10. The Labute approximate surface area is 286 Å². The molecule has 2 nitrogen and oxygen atoms in total. The highest BCUT2D eigenvalue weighted by atomic mass is 35.5. The molecule has 10 aromatic rings. The molecule has 0 fully saturated rings. The second kappa shape index (κ2) is 10.7. The van der Waals surface area contributed by atoms with Crippen LogP contribution in [-0.2, 0) is 0 Å². The number of hydrogen-bond acceptors (Lipinski definition) is 2. The molecule has 226 valence electrons. The van der Waals surface area contributed by atoms with Crippen LogP contribution in [0.25, 0.3) is 69.2 Å². The van der Waals surface area contributed by atoms with Crippen molar-refractivity contribution in [3.63, 3.8) is 0 Å². The van der Waals surface area contributed by atoms with Crippen LogP contribution in [0.15, 0.2) is 164 Å². The topological polar surface area (TPSA) is 8.17 Å². The molecule has 2 heterocycles. The van der Waals surface area contributed by atoms with Gasteiger partial charge in [0.15, 0.2) is 0 Å². The Balaban J connectivity index is 1.24. The summed E-state index contributed by atoms with van der Waals surface area (Å²) in [6.07, 6.45) is 0. The summed E-state index contributed by atoms with van der Waals surface area (Å²) in [4.78, 5) is 2.41. The van der Waals surface area contributed by atoms with Crippen molar-refractivity contribution in [2.45, 2.75) is 0 Å². The zero-order valence-corrected chi connectivity index (χ0v) is 27.3. The number of aromatic nitrogens is 1. The van der Waals surface area contributed by atoms with Crippen LogP contribution in [0.4, 0.5) is 17.1 Å². The van der Waals surface area contributed by atoms with Crippen molar-refractivity contribution >= 4 is 104 Å². The van der Waals surface area contributed by atoms with Crippen molar-refractivity contribution in [3.05, 3.63) is 169 Å². The lowest BCUT2D eigenvalue weighted by Crippen LogP contribution is -2.10. The molecule has 10 rings (SSSR count). The van der Waals surface area contributed by atoms with E-state index in [-0.39, 0.29) is 0 Å². The maximum Gasteiger partial charge on any atom is 0.0561 e. The lowest BCUT2D eigenvalue weighted by atomic mass is 10.0. The van der Waals surface area contributed by atoms with Crippen LogP contribution in [0, 0.1) is 0 Å². The lowest BCUT2D eigenvalue weighted by molar-refractivity contribution is 1.18. The molecule has 0 amide bonds. The van der Waals surface area contributed by atoms with Crippen LogP contribution in [0.2, 0.25) is 5.02 Å². The molecule has 2 aromatic heterocycles. The Morgan fingerprint density at radius 3 is 1.77 bits per heavy atom. The molecule has 8 aromatic carbocycles. The van der Waals surface area contributed by atoms with Crippen molar-refractivity contribution in [1.29, 1.82) is 0 Å². The number of hydrogen-bond donors (Lipinski definition) is 0. The van der Waals surface area contributed by atoms with Crippen molar-refractivity contribution in [1.82, 2.24) is 4.57 Å². The monoisotopic (exact) mass is 650 g/mol. The predicted molar refractivity (Wildman–Crippen MR) is 208 cm³/mol. The van der Waals surface area contributed by atoms with Gasteiger partial charge >= 0.3 is 0 Å². The molecule has 48 heavy (non-hydrogen) atoms. The summed E-state index contributed by atoms with van der Waals surface area (Å²) in [6.45, 7) is 0. The van der Waals surface area contributed by atoms with Gasteiger partial charge in [0.05, 0.1) is 16.7 Å².